The number of aromatic hydroxyl groups is 1. The monoisotopic (exact) mass is 489 g/mol. The molecule has 3 aromatic carbocycles. The van der Waals surface area contributed by atoms with Crippen LogP contribution in [0, 0.1) is 25.2 Å². The summed E-state index contributed by atoms with van der Waals surface area (Å²) in [5, 5.41) is 24.1. The summed E-state index contributed by atoms with van der Waals surface area (Å²) in [4.78, 5) is -0.370. The third kappa shape index (κ3) is 5.10. The van der Waals surface area contributed by atoms with Gasteiger partial charge in [-0.1, -0.05) is 35.3 Å². The Bertz CT molecular complexity index is 1320. The third-order valence-electron chi connectivity index (χ3n) is 5.05. The smallest absolute Gasteiger partial charge is 0.265 e. The summed E-state index contributed by atoms with van der Waals surface area (Å²) in [7, 11) is -4.18. The Balaban J connectivity index is 1.88. The maximum Gasteiger partial charge on any atom is 0.265 e. The van der Waals surface area contributed by atoms with E-state index in [4.69, 9.17) is 23.2 Å². The second-order valence-electron chi connectivity index (χ2n) is 7.21. The number of halogens is 2. The van der Waals surface area contributed by atoms with Crippen molar-refractivity contribution in [3.05, 3.63) is 80.8 Å². The summed E-state index contributed by atoms with van der Waals surface area (Å²) in [5.41, 5.74) is 3.07. The molecule has 0 heterocycles. The van der Waals surface area contributed by atoms with Crippen LogP contribution < -0.4 is 10.0 Å². The zero-order valence-electron chi connectivity index (χ0n) is 17.4. The van der Waals surface area contributed by atoms with Crippen LogP contribution in [-0.4, -0.2) is 20.1 Å². The Morgan fingerprint density at radius 1 is 1.00 bits per heavy atom. The van der Waals surface area contributed by atoms with Gasteiger partial charge in [0.05, 0.1) is 11.3 Å². The average molecular weight is 490 g/mol. The van der Waals surface area contributed by atoms with E-state index in [9.17, 15) is 18.8 Å². The van der Waals surface area contributed by atoms with Crippen molar-refractivity contribution in [1.29, 1.82) is 5.26 Å². The van der Waals surface area contributed by atoms with Gasteiger partial charge in [0.25, 0.3) is 10.0 Å². The van der Waals surface area contributed by atoms with E-state index in [2.05, 4.69) is 10.0 Å². The highest BCUT2D eigenvalue weighted by Crippen LogP contribution is 2.32. The van der Waals surface area contributed by atoms with E-state index in [0.29, 0.717) is 39.8 Å². The molecule has 0 fully saturated rings. The van der Waals surface area contributed by atoms with Crippen LogP contribution in [0.5, 0.6) is 5.75 Å². The summed E-state index contributed by atoms with van der Waals surface area (Å²) < 4.78 is 28.5. The van der Waals surface area contributed by atoms with Gasteiger partial charge in [0.1, 0.15) is 11.0 Å². The van der Waals surface area contributed by atoms with Gasteiger partial charge in [0.15, 0.2) is 5.75 Å². The lowest BCUT2D eigenvalue weighted by Crippen LogP contribution is -2.15. The van der Waals surface area contributed by atoms with Crippen molar-refractivity contribution in [2.75, 3.05) is 16.6 Å². The summed E-state index contributed by atoms with van der Waals surface area (Å²) >= 11 is 12.2. The Labute approximate surface area is 197 Å². The number of rotatable bonds is 7. The molecule has 9 heteroatoms. The number of hydrogen-bond donors (Lipinski definition) is 3. The lowest BCUT2D eigenvalue weighted by molar-refractivity contribution is 0.457. The van der Waals surface area contributed by atoms with Crippen molar-refractivity contribution < 1.29 is 13.5 Å². The molecule has 0 spiro atoms. The second-order valence-corrected chi connectivity index (χ2v) is 9.67. The normalized spacial score (nSPS) is 11.1. The minimum absolute atomic E-state index is 0.121. The molecule has 0 saturated heterocycles. The van der Waals surface area contributed by atoms with Gasteiger partial charge in [0, 0.05) is 22.3 Å². The number of nitrogens with zero attached hydrogens (tertiary/aromatic N) is 1. The standard InChI is InChI=1S/C23H21Cl2N3O3S/c1-14-18(24)5-3-7-20(14)27-10-9-16-11-17(13-26)23(29)22(12-16)32(30,31)28-21-8-4-6-19(25)15(21)2/h3-8,11-12,27-29H,9-10H2,1-2H3. The summed E-state index contributed by atoms with van der Waals surface area (Å²) in [6.07, 6.45) is 0.416. The number of sulfonamides is 1. The maximum absolute atomic E-state index is 13.0. The molecule has 0 unspecified atom stereocenters. The zero-order valence-corrected chi connectivity index (χ0v) is 19.7. The topological polar surface area (TPSA) is 102 Å². The van der Waals surface area contributed by atoms with Crippen LogP contribution in [0.25, 0.3) is 0 Å². The van der Waals surface area contributed by atoms with Crippen LogP contribution in [-0.2, 0) is 16.4 Å². The van der Waals surface area contributed by atoms with E-state index in [1.807, 2.05) is 25.1 Å². The van der Waals surface area contributed by atoms with E-state index >= 15 is 0 Å². The molecule has 0 aromatic heterocycles. The molecular formula is C23H21Cl2N3O3S. The van der Waals surface area contributed by atoms with Crippen molar-refractivity contribution in [2.24, 2.45) is 0 Å². The molecule has 0 amide bonds. The second kappa shape index (κ2) is 9.70. The molecule has 32 heavy (non-hydrogen) atoms. The minimum atomic E-state index is -4.18. The number of nitrogens with one attached hydrogen (secondary N) is 2. The third-order valence-corrected chi connectivity index (χ3v) is 7.25. The Morgan fingerprint density at radius 2 is 1.59 bits per heavy atom. The lowest BCUT2D eigenvalue weighted by atomic mass is 10.1. The molecule has 0 atom stereocenters. The molecule has 0 radical (unpaired) electrons. The number of phenols is 1. The Hall–Kier alpha value is -2.92. The van der Waals surface area contributed by atoms with Gasteiger partial charge < -0.3 is 10.4 Å². The molecule has 0 bridgehead atoms. The fourth-order valence-corrected chi connectivity index (χ4v) is 4.80. The van der Waals surface area contributed by atoms with Crippen molar-refractivity contribution in [3.8, 4) is 11.8 Å². The van der Waals surface area contributed by atoms with Crippen LogP contribution in [0.4, 0.5) is 11.4 Å². The van der Waals surface area contributed by atoms with Crippen molar-refractivity contribution >= 4 is 44.6 Å². The maximum atomic E-state index is 13.0. The highest BCUT2D eigenvalue weighted by molar-refractivity contribution is 7.92. The van der Waals surface area contributed by atoms with E-state index in [1.54, 1.807) is 31.2 Å². The first-order valence-electron chi connectivity index (χ1n) is 9.67. The fraction of sp³-hybridized carbons (Fsp3) is 0.174. The molecule has 0 aliphatic heterocycles. The summed E-state index contributed by atoms with van der Waals surface area (Å²) in [6, 6.07) is 15.1. The molecule has 3 aromatic rings. The molecule has 0 aliphatic carbocycles. The number of anilines is 2. The van der Waals surface area contributed by atoms with Gasteiger partial charge in [-0.15, -0.1) is 0 Å². The first kappa shape index (κ1) is 23.7. The van der Waals surface area contributed by atoms with Crippen molar-refractivity contribution in [3.63, 3.8) is 0 Å². The lowest BCUT2D eigenvalue weighted by Gasteiger charge is -2.15. The largest absolute Gasteiger partial charge is 0.505 e. The van der Waals surface area contributed by atoms with Crippen LogP contribution in [0.3, 0.4) is 0 Å². The van der Waals surface area contributed by atoms with Gasteiger partial charge in [-0.05, 0) is 73.4 Å². The number of benzene rings is 3. The predicted molar refractivity (Wildman–Crippen MR) is 128 cm³/mol. The van der Waals surface area contributed by atoms with Crippen molar-refractivity contribution in [2.45, 2.75) is 25.2 Å². The van der Waals surface area contributed by atoms with E-state index < -0.39 is 15.8 Å². The summed E-state index contributed by atoms with van der Waals surface area (Å²) in [5.74, 6) is -0.595. The molecule has 0 aliphatic rings. The van der Waals surface area contributed by atoms with Crippen LogP contribution >= 0.6 is 23.2 Å². The van der Waals surface area contributed by atoms with Crippen LogP contribution in [0.15, 0.2) is 53.4 Å². The fourth-order valence-electron chi connectivity index (χ4n) is 3.16. The molecule has 0 saturated carbocycles. The highest BCUT2D eigenvalue weighted by Gasteiger charge is 2.23. The molecule has 6 nitrogen and oxygen atoms in total. The SMILES string of the molecule is Cc1c(Cl)cccc1NCCc1cc(C#N)c(O)c(S(=O)(=O)Nc2cccc(Cl)c2C)c1. The molecule has 3 N–H and O–H groups in total. The Kier molecular flexibility index (Phi) is 7.19. The quantitative estimate of drug-likeness (QED) is 0.398. The van der Waals surface area contributed by atoms with E-state index in [1.165, 1.54) is 12.1 Å². The van der Waals surface area contributed by atoms with Gasteiger partial charge in [0.2, 0.25) is 0 Å². The molecule has 3 rings (SSSR count). The van der Waals surface area contributed by atoms with Crippen LogP contribution in [0.2, 0.25) is 10.0 Å². The van der Waals surface area contributed by atoms with Gasteiger partial charge in [-0.3, -0.25) is 4.72 Å². The number of hydrogen-bond acceptors (Lipinski definition) is 5. The molecule has 166 valence electrons. The Morgan fingerprint density at radius 3 is 2.22 bits per heavy atom. The summed E-state index contributed by atoms with van der Waals surface area (Å²) in [6.45, 7) is 4.05. The molecular weight excluding hydrogens is 469 g/mol. The van der Waals surface area contributed by atoms with Gasteiger partial charge >= 0.3 is 0 Å². The first-order chi connectivity index (χ1) is 15.1. The zero-order chi connectivity index (χ0) is 23.5. The average Bonchev–Trinajstić information content (AvgIpc) is 2.75. The first-order valence-corrected chi connectivity index (χ1v) is 11.9. The number of phenolic OH excluding ortho intramolecular Hbond substituents is 1. The van der Waals surface area contributed by atoms with E-state index in [-0.39, 0.29) is 10.5 Å². The van der Waals surface area contributed by atoms with Crippen LogP contribution in [0.1, 0.15) is 22.3 Å². The van der Waals surface area contributed by atoms with E-state index in [0.717, 1.165) is 11.3 Å². The van der Waals surface area contributed by atoms with Gasteiger partial charge in [-0.25, -0.2) is 8.42 Å². The van der Waals surface area contributed by atoms with Gasteiger partial charge in [-0.2, -0.15) is 5.26 Å². The number of nitriles is 1. The highest BCUT2D eigenvalue weighted by atomic mass is 35.5. The minimum Gasteiger partial charge on any atom is -0.505 e. The predicted octanol–water partition coefficient (Wildman–Crippen LogP) is 5.64. The van der Waals surface area contributed by atoms with Crippen molar-refractivity contribution in [1.82, 2.24) is 0 Å².